The Bertz CT molecular complexity index is 108. The molecule has 0 spiro atoms. The maximum absolute atomic E-state index is 7.23. The first kappa shape index (κ1) is 6.55. The molecule has 52 valence electrons. The number of nitrogens with one attached hydrogen (secondary N) is 1. The van der Waals surface area contributed by atoms with Crippen molar-refractivity contribution in [2.75, 3.05) is 20.3 Å². The molecule has 0 aromatic carbocycles. The molecular weight excluding hydrogens is 118 g/mol. The fraction of sp³-hybridized carbons (Fsp3) is 0.833. The van der Waals surface area contributed by atoms with Crippen LogP contribution in [0, 0.1) is 11.3 Å². The molecule has 1 saturated heterocycles. The summed E-state index contributed by atoms with van der Waals surface area (Å²) in [5, 5.41) is 7.23. The van der Waals surface area contributed by atoms with Crippen molar-refractivity contribution in [2.24, 2.45) is 5.92 Å². The second-order valence-electron chi connectivity index (χ2n) is 2.13. The molecule has 1 aliphatic rings. The van der Waals surface area contributed by atoms with Crippen LogP contribution in [0.4, 0.5) is 0 Å². The van der Waals surface area contributed by atoms with E-state index in [9.17, 15) is 0 Å². The van der Waals surface area contributed by atoms with Crippen LogP contribution in [-0.2, 0) is 9.47 Å². The zero-order valence-electron chi connectivity index (χ0n) is 5.52. The maximum Gasteiger partial charge on any atom is 0.185 e. The van der Waals surface area contributed by atoms with Gasteiger partial charge >= 0.3 is 0 Å². The van der Waals surface area contributed by atoms with E-state index in [1.54, 1.807) is 0 Å². The Kier molecular flexibility index (Phi) is 2.05. The van der Waals surface area contributed by atoms with E-state index >= 15 is 0 Å². The molecule has 1 unspecified atom stereocenters. The highest BCUT2D eigenvalue weighted by molar-refractivity contribution is 5.75. The lowest BCUT2D eigenvalue weighted by molar-refractivity contribution is 0.189. The van der Waals surface area contributed by atoms with Gasteiger partial charge in [0, 0.05) is 6.61 Å². The van der Waals surface area contributed by atoms with Gasteiger partial charge in [-0.2, -0.15) is 0 Å². The molecule has 0 aliphatic carbocycles. The van der Waals surface area contributed by atoms with Gasteiger partial charge in [0.1, 0.15) is 0 Å². The molecule has 3 heteroatoms. The van der Waals surface area contributed by atoms with E-state index in [-0.39, 0.29) is 5.92 Å². The molecule has 3 nitrogen and oxygen atoms in total. The van der Waals surface area contributed by atoms with Crippen LogP contribution >= 0.6 is 0 Å². The van der Waals surface area contributed by atoms with Crippen LogP contribution in [0.3, 0.4) is 0 Å². The molecule has 0 saturated carbocycles. The van der Waals surface area contributed by atoms with Gasteiger partial charge in [-0.05, 0) is 6.42 Å². The third-order valence-electron chi connectivity index (χ3n) is 1.52. The minimum Gasteiger partial charge on any atom is -0.484 e. The second kappa shape index (κ2) is 2.82. The van der Waals surface area contributed by atoms with Crippen molar-refractivity contribution in [1.82, 2.24) is 0 Å². The average Bonchev–Trinajstić information content (AvgIpc) is 2.37. The summed E-state index contributed by atoms with van der Waals surface area (Å²) >= 11 is 0. The monoisotopic (exact) mass is 129 g/mol. The Morgan fingerprint density at radius 1 is 1.78 bits per heavy atom. The Morgan fingerprint density at radius 3 is 3.00 bits per heavy atom. The van der Waals surface area contributed by atoms with Gasteiger partial charge in [-0.3, -0.25) is 5.41 Å². The summed E-state index contributed by atoms with van der Waals surface area (Å²) in [5.41, 5.74) is 0. The summed E-state index contributed by atoms with van der Waals surface area (Å²) in [6.45, 7) is 1.43. The molecule has 0 bridgehead atoms. The zero-order chi connectivity index (χ0) is 6.69. The standard InChI is InChI=1S/C6H11NO2/c1-8-6(7)5-2-3-9-4-5/h5,7H,2-4H2,1H3. The van der Waals surface area contributed by atoms with Crippen molar-refractivity contribution >= 4 is 5.90 Å². The first-order chi connectivity index (χ1) is 4.34. The van der Waals surface area contributed by atoms with Crippen molar-refractivity contribution in [2.45, 2.75) is 6.42 Å². The van der Waals surface area contributed by atoms with Crippen LogP contribution in [0.15, 0.2) is 0 Å². The lowest BCUT2D eigenvalue weighted by atomic mass is 10.1. The number of hydrogen-bond donors (Lipinski definition) is 1. The van der Waals surface area contributed by atoms with Gasteiger partial charge in [-0.15, -0.1) is 0 Å². The summed E-state index contributed by atoms with van der Waals surface area (Å²) < 4.78 is 9.80. The molecule has 1 N–H and O–H groups in total. The molecule has 1 aliphatic heterocycles. The van der Waals surface area contributed by atoms with Crippen LogP contribution in [0.1, 0.15) is 6.42 Å². The molecule has 0 aromatic heterocycles. The van der Waals surface area contributed by atoms with Crippen LogP contribution < -0.4 is 0 Å². The summed E-state index contributed by atoms with van der Waals surface area (Å²) in [7, 11) is 1.53. The predicted octanol–water partition coefficient (Wildman–Crippen LogP) is 0.647. The first-order valence-corrected chi connectivity index (χ1v) is 3.04. The molecule has 1 atom stereocenters. The van der Waals surface area contributed by atoms with Crippen molar-refractivity contribution in [3.05, 3.63) is 0 Å². The summed E-state index contributed by atoms with van der Waals surface area (Å²) in [6.07, 6.45) is 0.937. The SMILES string of the molecule is COC(=N)C1CCOC1. The fourth-order valence-electron chi connectivity index (χ4n) is 0.908. The molecule has 0 aromatic rings. The van der Waals surface area contributed by atoms with Crippen molar-refractivity contribution in [3.63, 3.8) is 0 Å². The van der Waals surface area contributed by atoms with Gasteiger partial charge in [0.15, 0.2) is 5.90 Å². The Hall–Kier alpha value is -0.570. The van der Waals surface area contributed by atoms with E-state index in [2.05, 4.69) is 0 Å². The van der Waals surface area contributed by atoms with E-state index in [0.29, 0.717) is 12.5 Å². The Balaban J connectivity index is 2.32. The van der Waals surface area contributed by atoms with Gasteiger partial charge in [0.25, 0.3) is 0 Å². The minimum absolute atomic E-state index is 0.218. The smallest absolute Gasteiger partial charge is 0.185 e. The predicted molar refractivity (Wildman–Crippen MR) is 33.7 cm³/mol. The minimum atomic E-state index is 0.218. The van der Waals surface area contributed by atoms with Crippen LogP contribution in [0.5, 0.6) is 0 Å². The topological polar surface area (TPSA) is 42.3 Å². The molecule has 9 heavy (non-hydrogen) atoms. The molecule has 1 rings (SSSR count). The van der Waals surface area contributed by atoms with E-state index in [0.717, 1.165) is 13.0 Å². The third kappa shape index (κ3) is 1.42. The molecule has 0 radical (unpaired) electrons. The first-order valence-electron chi connectivity index (χ1n) is 3.04. The van der Waals surface area contributed by atoms with Gasteiger partial charge in [0.05, 0.1) is 19.6 Å². The largest absolute Gasteiger partial charge is 0.484 e. The highest BCUT2D eigenvalue weighted by Crippen LogP contribution is 2.13. The number of methoxy groups -OCH3 is 1. The molecule has 1 heterocycles. The molecule has 1 fully saturated rings. The average molecular weight is 129 g/mol. The summed E-state index contributed by atoms with van der Waals surface area (Å²) in [5.74, 6) is 0.572. The van der Waals surface area contributed by atoms with Crippen LogP contribution in [0.25, 0.3) is 0 Å². The number of rotatable bonds is 1. The second-order valence-corrected chi connectivity index (χ2v) is 2.13. The highest BCUT2D eigenvalue weighted by Gasteiger charge is 2.20. The van der Waals surface area contributed by atoms with E-state index in [1.807, 2.05) is 0 Å². The normalized spacial score (nSPS) is 26.1. The zero-order valence-corrected chi connectivity index (χ0v) is 5.52. The van der Waals surface area contributed by atoms with E-state index < -0.39 is 0 Å². The van der Waals surface area contributed by atoms with Gasteiger partial charge in [0.2, 0.25) is 0 Å². The summed E-state index contributed by atoms with van der Waals surface area (Å²) in [4.78, 5) is 0. The van der Waals surface area contributed by atoms with Crippen molar-refractivity contribution < 1.29 is 9.47 Å². The number of ether oxygens (including phenoxy) is 2. The van der Waals surface area contributed by atoms with Crippen LogP contribution in [0.2, 0.25) is 0 Å². The van der Waals surface area contributed by atoms with E-state index in [4.69, 9.17) is 14.9 Å². The Morgan fingerprint density at radius 2 is 2.56 bits per heavy atom. The van der Waals surface area contributed by atoms with Gasteiger partial charge < -0.3 is 9.47 Å². The maximum atomic E-state index is 7.23. The van der Waals surface area contributed by atoms with E-state index in [1.165, 1.54) is 7.11 Å². The lowest BCUT2D eigenvalue weighted by Gasteiger charge is -2.05. The lowest BCUT2D eigenvalue weighted by Crippen LogP contribution is -2.14. The fourth-order valence-corrected chi connectivity index (χ4v) is 0.908. The molecule has 0 amide bonds. The third-order valence-corrected chi connectivity index (χ3v) is 1.52. The van der Waals surface area contributed by atoms with Crippen molar-refractivity contribution in [3.8, 4) is 0 Å². The summed E-state index contributed by atoms with van der Waals surface area (Å²) in [6, 6.07) is 0. The van der Waals surface area contributed by atoms with Gasteiger partial charge in [-0.25, -0.2) is 0 Å². The van der Waals surface area contributed by atoms with Crippen molar-refractivity contribution in [1.29, 1.82) is 5.41 Å². The van der Waals surface area contributed by atoms with Gasteiger partial charge in [-0.1, -0.05) is 0 Å². The number of hydrogen-bond acceptors (Lipinski definition) is 3. The van der Waals surface area contributed by atoms with Crippen LogP contribution in [-0.4, -0.2) is 26.2 Å². The Labute approximate surface area is 54.5 Å². The molecular formula is C6H11NO2. The quantitative estimate of drug-likeness (QED) is 0.417. The highest BCUT2D eigenvalue weighted by atomic mass is 16.5.